The van der Waals surface area contributed by atoms with Crippen LogP contribution in [0.1, 0.15) is 26.3 Å². The van der Waals surface area contributed by atoms with Crippen molar-refractivity contribution in [2.75, 3.05) is 7.11 Å². The van der Waals surface area contributed by atoms with Crippen LogP contribution < -0.4 is 0 Å². The first-order valence-corrected chi connectivity index (χ1v) is 4.15. The smallest absolute Gasteiger partial charge is 0.417 e. The Balaban J connectivity index is 3.38. The van der Waals surface area contributed by atoms with E-state index in [-0.39, 0.29) is 5.56 Å². The average Bonchev–Trinajstić information content (AvgIpc) is 2.25. The normalized spacial score (nSPS) is 11.0. The number of carbonyl (C=O) groups excluding carboxylic acids is 2. The third-order valence-corrected chi connectivity index (χ3v) is 1.89. The zero-order valence-electron chi connectivity index (χ0n) is 8.17. The molecule has 0 heterocycles. The summed E-state index contributed by atoms with van der Waals surface area (Å²) in [6.07, 6.45) is -4.31. The summed E-state index contributed by atoms with van der Waals surface area (Å²) < 4.78 is 41.7. The first-order valence-electron chi connectivity index (χ1n) is 4.15. The van der Waals surface area contributed by atoms with Gasteiger partial charge in [-0.2, -0.15) is 13.2 Å². The molecule has 16 heavy (non-hydrogen) atoms. The van der Waals surface area contributed by atoms with E-state index in [9.17, 15) is 22.8 Å². The van der Waals surface area contributed by atoms with E-state index >= 15 is 0 Å². The lowest BCUT2D eigenvalue weighted by Gasteiger charge is -2.11. The van der Waals surface area contributed by atoms with Gasteiger partial charge in [-0.1, -0.05) is 6.07 Å². The molecule has 0 atom stereocenters. The molecule has 0 bridgehead atoms. The summed E-state index contributed by atoms with van der Waals surface area (Å²) in [6, 6.07) is 2.51. The molecule has 1 aromatic carbocycles. The molecule has 0 amide bonds. The van der Waals surface area contributed by atoms with Crippen LogP contribution in [0.25, 0.3) is 0 Å². The van der Waals surface area contributed by atoms with Crippen LogP contribution in [0, 0.1) is 0 Å². The van der Waals surface area contributed by atoms with Crippen LogP contribution in [0.5, 0.6) is 0 Å². The number of benzene rings is 1. The van der Waals surface area contributed by atoms with Gasteiger partial charge in [0.25, 0.3) is 0 Å². The Labute approximate surface area is 88.8 Å². The SMILES string of the molecule is COC(=O)c1cc(C=O)ccc1C(F)(F)F. The van der Waals surface area contributed by atoms with Crippen molar-refractivity contribution in [3.05, 3.63) is 34.9 Å². The van der Waals surface area contributed by atoms with Crippen LogP contribution in [0.4, 0.5) is 13.2 Å². The summed E-state index contributed by atoms with van der Waals surface area (Å²) in [4.78, 5) is 21.5. The highest BCUT2D eigenvalue weighted by Crippen LogP contribution is 2.32. The molecule has 86 valence electrons. The lowest BCUT2D eigenvalue weighted by Crippen LogP contribution is -2.14. The van der Waals surface area contributed by atoms with E-state index in [1.807, 2.05) is 0 Å². The van der Waals surface area contributed by atoms with Gasteiger partial charge in [-0.25, -0.2) is 4.79 Å². The fourth-order valence-corrected chi connectivity index (χ4v) is 1.16. The minimum atomic E-state index is -4.66. The molecule has 0 N–H and O–H groups in total. The zero-order chi connectivity index (χ0) is 12.3. The van der Waals surface area contributed by atoms with Crippen LogP contribution in [0.2, 0.25) is 0 Å². The molecule has 0 aliphatic heterocycles. The molecule has 3 nitrogen and oxygen atoms in total. The number of hydrogen-bond donors (Lipinski definition) is 0. The standard InChI is InChI=1S/C10H7F3O3/c1-16-9(15)7-4-6(5-14)2-3-8(7)10(11,12)13/h2-5H,1H3. The molecule has 0 fully saturated rings. The largest absolute Gasteiger partial charge is 0.465 e. The Morgan fingerprint density at radius 3 is 2.44 bits per heavy atom. The van der Waals surface area contributed by atoms with E-state index in [4.69, 9.17) is 0 Å². The van der Waals surface area contributed by atoms with Gasteiger partial charge >= 0.3 is 12.1 Å². The van der Waals surface area contributed by atoms with E-state index in [0.29, 0.717) is 12.4 Å². The summed E-state index contributed by atoms with van der Waals surface area (Å²) in [5.74, 6) is -1.13. The number of ether oxygens (including phenoxy) is 1. The topological polar surface area (TPSA) is 43.4 Å². The Morgan fingerprint density at radius 1 is 1.38 bits per heavy atom. The van der Waals surface area contributed by atoms with E-state index < -0.39 is 23.3 Å². The molecule has 1 rings (SSSR count). The van der Waals surface area contributed by atoms with Gasteiger partial charge in [0.1, 0.15) is 6.29 Å². The maximum absolute atomic E-state index is 12.5. The summed E-state index contributed by atoms with van der Waals surface area (Å²) in [7, 11) is 0.968. The number of esters is 1. The average molecular weight is 232 g/mol. The van der Waals surface area contributed by atoms with Gasteiger partial charge in [-0.15, -0.1) is 0 Å². The second kappa shape index (κ2) is 4.34. The van der Waals surface area contributed by atoms with E-state index in [0.717, 1.165) is 19.2 Å². The Hall–Kier alpha value is -1.85. The second-order valence-corrected chi connectivity index (χ2v) is 2.91. The van der Waals surface area contributed by atoms with Crippen molar-refractivity contribution >= 4 is 12.3 Å². The number of carbonyl (C=O) groups is 2. The van der Waals surface area contributed by atoms with Gasteiger partial charge in [0.2, 0.25) is 0 Å². The quantitative estimate of drug-likeness (QED) is 0.580. The Morgan fingerprint density at radius 2 is 2.00 bits per heavy atom. The van der Waals surface area contributed by atoms with Crippen LogP contribution in [-0.2, 0) is 10.9 Å². The van der Waals surface area contributed by atoms with Gasteiger partial charge < -0.3 is 4.74 Å². The Kier molecular flexibility index (Phi) is 3.31. The predicted octanol–water partition coefficient (Wildman–Crippen LogP) is 2.30. The second-order valence-electron chi connectivity index (χ2n) is 2.91. The third-order valence-electron chi connectivity index (χ3n) is 1.89. The van der Waals surface area contributed by atoms with Crippen molar-refractivity contribution in [2.24, 2.45) is 0 Å². The highest BCUT2D eigenvalue weighted by molar-refractivity contribution is 5.93. The number of halogens is 3. The summed E-state index contributed by atoms with van der Waals surface area (Å²) >= 11 is 0. The highest BCUT2D eigenvalue weighted by atomic mass is 19.4. The molecular formula is C10H7F3O3. The van der Waals surface area contributed by atoms with Gasteiger partial charge in [-0.3, -0.25) is 4.79 Å². The molecule has 0 aliphatic carbocycles. The van der Waals surface area contributed by atoms with E-state index in [2.05, 4.69) is 4.74 Å². The van der Waals surface area contributed by atoms with Crippen molar-refractivity contribution in [1.82, 2.24) is 0 Å². The monoisotopic (exact) mass is 232 g/mol. The van der Waals surface area contributed by atoms with Crippen molar-refractivity contribution in [3.8, 4) is 0 Å². The number of hydrogen-bond acceptors (Lipinski definition) is 3. The number of rotatable bonds is 2. The zero-order valence-corrected chi connectivity index (χ0v) is 8.17. The van der Waals surface area contributed by atoms with Gasteiger partial charge in [0.15, 0.2) is 0 Å². The maximum atomic E-state index is 12.5. The molecule has 6 heteroatoms. The Bertz CT molecular complexity index is 424. The fraction of sp³-hybridized carbons (Fsp3) is 0.200. The first-order chi connectivity index (χ1) is 7.40. The van der Waals surface area contributed by atoms with Crippen molar-refractivity contribution in [1.29, 1.82) is 0 Å². The lowest BCUT2D eigenvalue weighted by molar-refractivity contribution is -0.138. The van der Waals surface area contributed by atoms with Gasteiger partial charge in [0.05, 0.1) is 18.2 Å². The lowest BCUT2D eigenvalue weighted by atomic mass is 10.0. The van der Waals surface area contributed by atoms with Crippen molar-refractivity contribution in [3.63, 3.8) is 0 Å². The predicted molar refractivity (Wildman–Crippen MR) is 48.2 cm³/mol. The summed E-state index contributed by atoms with van der Waals surface area (Å²) in [5.41, 5.74) is -1.81. The van der Waals surface area contributed by atoms with Crippen LogP contribution >= 0.6 is 0 Å². The number of aldehydes is 1. The molecule has 0 unspecified atom stereocenters. The molecule has 0 saturated carbocycles. The van der Waals surface area contributed by atoms with Crippen molar-refractivity contribution < 1.29 is 27.5 Å². The van der Waals surface area contributed by atoms with E-state index in [1.165, 1.54) is 0 Å². The van der Waals surface area contributed by atoms with Crippen LogP contribution in [-0.4, -0.2) is 19.4 Å². The molecule has 1 aromatic rings. The summed E-state index contributed by atoms with van der Waals surface area (Å²) in [6.45, 7) is 0. The molecule has 0 aromatic heterocycles. The number of methoxy groups -OCH3 is 1. The fourth-order valence-electron chi connectivity index (χ4n) is 1.16. The minimum Gasteiger partial charge on any atom is -0.465 e. The van der Waals surface area contributed by atoms with Crippen molar-refractivity contribution in [2.45, 2.75) is 6.18 Å². The highest BCUT2D eigenvalue weighted by Gasteiger charge is 2.35. The molecular weight excluding hydrogens is 225 g/mol. The van der Waals surface area contributed by atoms with E-state index in [1.54, 1.807) is 0 Å². The summed E-state index contributed by atoms with van der Waals surface area (Å²) in [5, 5.41) is 0. The van der Waals surface area contributed by atoms with Crippen LogP contribution in [0.3, 0.4) is 0 Å². The molecule has 0 radical (unpaired) electrons. The molecule has 0 spiro atoms. The minimum absolute atomic E-state index is 0.0200. The van der Waals surface area contributed by atoms with Gasteiger partial charge in [0, 0.05) is 5.56 Å². The third kappa shape index (κ3) is 2.39. The molecule has 0 aliphatic rings. The van der Waals surface area contributed by atoms with Gasteiger partial charge in [-0.05, 0) is 12.1 Å². The number of alkyl halides is 3. The van der Waals surface area contributed by atoms with Crippen LogP contribution in [0.15, 0.2) is 18.2 Å². The molecule has 0 saturated heterocycles. The maximum Gasteiger partial charge on any atom is 0.417 e. The first kappa shape index (κ1) is 12.2.